The van der Waals surface area contributed by atoms with Gasteiger partial charge in [-0.05, 0) is 48.5 Å². The van der Waals surface area contributed by atoms with Crippen LogP contribution in [0.1, 0.15) is 10.4 Å². The first-order valence-corrected chi connectivity index (χ1v) is 6.86. The zero-order valence-electron chi connectivity index (χ0n) is 12.5. The van der Waals surface area contributed by atoms with E-state index in [2.05, 4.69) is 10.6 Å². The fourth-order valence-electron chi connectivity index (χ4n) is 1.75. The molecule has 0 atom stereocenters. The molecule has 0 radical (unpaired) electrons. The first kappa shape index (κ1) is 16.6. The number of nitrogens with two attached hydrogens (primary N) is 1. The van der Waals surface area contributed by atoms with Crippen molar-refractivity contribution in [1.29, 1.82) is 5.26 Å². The summed E-state index contributed by atoms with van der Waals surface area (Å²) in [4.78, 5) is 23.9. The number of aromatic hydroxyl groups is 1. The third-order valence-electron chi connectivity index (χ3n) is 3.01. The lowest BCUT2D eigenvalue weighted by molar-refractivity contribution is -0.112. The molecule has 5 N–H and O–H groups in total. The zero-order valence-corrected chi connectivity index (χ0v) is 12.5. The predicted octanol–water partition coefficient (Wildman–Crippen LogP) is 1.75. The average Bonchev–Trinajstić information content (AvgIpc) is 2.58. The van der Waals surface area contributed by atoms with Gasteiger partial charge >= 0.3 is 0 Å². The number of nitriles is 1. The molecule has 0 heterocycles. The Morgan fingerprint density at radius 3 is 2.29 bits per heavy atom. The van der Waals surface area contributed by atoms with Crippen molar-refractivity contribution < 1.29 is 14.7 Å². The van der Waals surface area contributed by atoms with Gasteiger partial charge in [0.2, 0.25) is 0 Å². The molecular weight excluding hydrogens is 308 g/mol. The van der Waals surface area contributed by atoms with Crippen LogP contribution in [0.25, 0.3) is 0 Å². The van der Waals surface area contributed by atoms with E-state index in [4.69, 9.17) is 11.0 Å². The van der Waals surface area contributed by atoms with E-state index in [1.54, 1.807) is 18.2 Å². The maximum absolute atomic E-state index is 12.0. The van der Waals surface area contributed by atoms with Crippen LogP contribution in [-0.2, 0) is 4.79 Å². The molecule has 0 aliphatic heterocycles. The Labute approximate surface area is 138 Å². The lowest BCUT2D eigenvalue weighted by Gasteiger charge is -2.05. The van der Waals surface area contributed by atoms with Crippen molar-refractivity contribution in [3.05, 3.63) is 65.9 Å². The summed E-state index contributed by atoms with van der Waals surface area (Å²) in [7, 11) is 0. The average molecular weight is 322 g/mol. The molecule has 0 saturated carbocycles. The van der Waals surface area contributed by atoms with Gasteiger partial charge in [-0.2, -0.15) is 5.26 Å². The molecular formula is C17H14N4O3. The van der Waals surface area contributed by atoms with Gasteiger partial charge in [0.15, 0.2) is 0 Å². The standard InChI is InChI=1S/C17H14N4O3/c18-9-12(17(24)21-14-5-7-15(22)8-6-14)10-20-16(23)11-1-3-13(19)4-2-11/h1-8,10,22H,19H2,(H,20,23)(H,21,24)/b12-10-. The molecule has 2 aromatic carbocycles. The summed E-state index contributed by atoms with van der Waals surface area (Å²) in [6, 6.07) is 13.7. The minimum atomic E-state index is -0.680. The number of nitrogens with one attached hydrogen (secondary N) is 2. The summed E-state index contributed by atoms with van der Waals surface area (Å²) < 4.78 is 0. The van der Waals surface area contributed by atoms with E-state index >= 15 is 0 Å². The van der Waals surface area contributed by atoms with Gasteiger partial charge in [-0.1, -0.05) is 0 Å². The van der Waals surface area contributed by atoms with Gasteiger partial charge in [0.05, 0.1) is 0 Å². The molecule has 0 aromatic heterocycles. The van der Waals surface area contributed by atoms with E-state index in [0.717, 1.165) is 6.20 Å². The summed E-state index contributed by atoms with van der Waals surface area (Å²) in [5, 5.41) is 23.1. The van der Waals surface area contributed by atoms with Crippen LogP contribution in [0.5, 0.6) is 5.75 Å². The van der Waals surface area contributed by atoms with Crippen LogP contribution in [0.2, 0.25) is 0 Å². The molecule has 2 aromatic rings. The monoisotopic (exact) mass is 322 g/mol. The fourth-order valence-corrected chi connectivity index (χ4v) is 1.75. The molecule has 0 bridgehead atoms. The second-order valence-corrected chi connectivity index (χ2v) is 4.77. The minimum Gasteiger partial charge on any atom is -0.508 e. The van der Waals surface area contributed by atoms with E-state index in [9.17, 15) is 14.7 Å². The maximum Gasteiger partial charge on any atom is 0.267 e. The number of amides is 2. The quantitative estimate of drug-likeness (QED) is 0.295. The number of anilines is 2. The van der Waals surface area contributed by atoms with Crippen molar-refractivity contribution in [2.45, 2.75) is 0 Å². The van der Waals surface area contributed by atoms with Crippen molar-refractivity contribution in [1.82, 2.24) is 5.32 Å². The number of benzene rings is 2. The largest absolute Gasteiger partial charge is 0.508 e. The Morgan fingerprint density at radius 1 is 1.08 bits per heavy atom. The minimum absolute atomic E-state index is 0.0554. The van der Waals surface area contributed by atoms with Crippen molar-refractivity contribution in [3.63, 3.8) is 0 Å². The summed E-state index contributed by atoms with van der Waals surface area (Å²) in [5.74, 6) is -1.10. The Morgan fingerprint density at radius 2 is 1.71 bits per heavy atom. The summed E-state index contributed by atoms with van der Waals surface area (Å²) in [6.07, 6.45) is 1.04. The highest BCUT2D eigenvalue weighted by atomic mass is 16.3. The SMILES string of the molecule is N#C/C(=C/NC(=O)c1ccc(N)cc1)C(=O)Nc1ccc(O)cc1. The van der Waals surface area contributed by atoms with Crippen LogP contribution >= 0.6 is 0 Å². The molecule has 2 amide bonds. The van der Waals surface area contributed by atoms with E-state index in [1.807, 2.05) is 0 Å². The molecule has 24 heavy (non-hydrogen) atoms. The van der Waals surface area contributed by atoms with E-state index in [0.29, 0.717) is 16.9 Å². The third kappa shape index (κ3) is 4.35. The number of carbonyl (C=O) groups excluding carboxylic acids is 2. The molecule has 120 valence electrons. The van der Waals surface area contributed by atoms with E-state index < -0.39 is 11.8 Å². The Balaban J connectivity index is 2.04. The first-order valence-electron chi connectivity index (χ1n) is 6.86. The number of hydrogen-bond acceptors (Lipinski definition) is 5. The van der Waals surface area contributed by atoms with Gasteiger partial charge in [0.1, 0.15) is 17.4 Å². The molecule has 0 aliphatic rings. The molecule has 0 fully saturated rings. The van der Waals surface area contributed by atoms with Crippen LogP contribution in [0.15, 0.2) is 60.3 Å². The molecule has 0 aliphatic carbocycles. The third-order valence-corrected chi connectivity index (χ3v) is 3.01. The number of hydrogen-bond donors (Lipinski definition) is 4. The topological polar surface area (TPSA) is 128 Å². The van der Waals surface area contributed by atoms with Crippen molar-refractivity contribution in [3.8, 4) is 11.8 Å². The Kier molecular flexibility index (Phi) is 5.16. The van der Waals surface area contributed by atoms with Crippen LogP contribution in [0.4, 0.5) is 11.4 Å². The number of nitrogen functional groups attached to an aromatic ring is 1. The van der Waals surface area contributed by atoms with Crippen molar-refractivity contribution in [2.75, 3.05) is 11.1 Å². The number of rotatable bonds is 4. The highest BCUT2D eigenvalue weighted by molar-refractivity contribution is 6.07. The van der Waals surface area contributed by atoms with Crippen molar-refractivity contribution >= 4 is 23.2 Å². The maximum atomic E-state index is 12.0. The smallest absolute Gasteiger partial charge is 0.267 e. The normalized spacial score (nSPS) is 10.5. The number of nitrogens with zero attached hydrogens (tertiary/aromatic N) is 1. The molecule has 2 rings (SSSR count). The highest BCUT2D eigenvalue weighted by Crippen LogP contribution is 2.14. The molecule has 7 heteroatoms. The van der Waals surface area contributed by atoms with Gasteiger partial charge in [-0.3, -0.25) is 9.59 Å². The molecule has 0 unspecified atom stereocenters. The Hall–Kier alpha value is -3.79. The van der Waals surface area contributed by atoms with Gasteiger partial charge in [-0.15, -0.1) is 0 Å². The number of phenols is 1. The summed E-state index contributed by atoms with van der Waals surface area (Å²) in [6.45, 7) is 0. The zero-order chi connectivity index (χ0) is 17.5. The molecule has 0 spiro atoms. The van der Waals surface area contributed by atoms with Crippen LogP contribution < -0.4 is 16.4 Å². The summed E-state index contributed by atoms with van der Waals surface area (Å²) >= 11 is 0. The predicted molar refractivity (Wildman–Crippen MR) is 88.8 cm³/mol. The van der Waals surface area contributed by atoms with Crippen LogP contribution in [-0.4, -0.2) is 16.9 Å². The second kappa shape index (κ2) is 7.47. The Bertz CT molecular complexity index is 818. The van der Waals surface area contributed by atoms with Gasteiger partial charge in [0.25, 0.3) is 11.8 Å². The van der Waals surface area contributed by atoms with Crippen molar-refractivity contribution in [2.24, 2.45) is 0 Å². The number of carbonyl (C=O) groups is 2. The van der Waals surface area contributed by atoms with E-state index in [-0.39, 0.29) is 11.3 Å². The molecule has 0 saturated heterocycles. The first-order chi connectivity index (χ1) is 11.5. The van der Waals surface area contributed by atoms with Gasteiger partial charge in [-0.25, -0.2) is 0 Å². The fraction of sp³-hybridized carbons (Fsp3) is 0. The second-order valence-electron chi connectivity index (χ2n) is 4.77. The molecule has 7 nitrogen and oxygen atoms in total. The lowest BCUT2D eigenvalue weighted by atomic mass is 10.2. The van der Waals surface area contributed by atoms with Crippen LogP contribution in [0, 0.1) is 11.3 Å². The summed E-state index contributed by atoms with van der Waals surface area (Å²) in [5.41, 5.74) is 6.54. The van der Waals surface area contributed by atoms with Gasteiger partial charge in [0, 0.05) is 23.1 Å². The highest BCUT2D eigenvalue weighted by Gasteiger charge is 2.11. The van der Waals surface area contributed by atoms with E-state index in [1.165, 1.54) is 36.4 Å². The van der Waals surface area contributed by atoms with Gasteiger partial charge < -0.3 is 21.5 Å². The number of phenolic OH excluding ortho intramolecular Hbond substituents is 1. The lowest BCUT2D eigenvalue weighted by Crippen LogP contribution is -2.21. The van der Waals surface area contributed by atoms with Crippen LogP contribution in [0.3, 0.4) is 0 Å².